The van der Waals surface area contributed by atoms with E-state index in [2.05, 4.69) is 38.1 Å². The standard InChI is InChI=1S/C27H27BFNO/c1-26(2)14-16-27(28,17-15-26)22-8-4-6-20-21-7-5-9-23(25(21)31-24(20)22)30(3)19-12-10-18(29)11-13-19/h4-13H,14-17H2,1-3H3. The first-order valence-corrected chi connectivity index (χ1v) is 11.0. The van der Waals surface area contributed by atoms with Crippen molar-refractivity contribution in [3.05, 3.63) is 72.0 Å². The summed E-state index contributed by atoms with van der Waals surface area (Å²) in [6.45, 7) is 4.65. The summed E-state index contributed by atoms with van der Waals surface area (Å²) in [5.41, 5.74) is 5.01. The number of anilines is 2. The van der Waals surface area contributed by atoms with Crippen LogP contribution in [0.4, 0.5) is 15.8 Å². The van der Waals surface area contributed by atoms with Gasteiger partial charge < -0.3 is 9.32 Å². The van der Waals surface area contributed by atoms with E-state index in [9.17, 15) is 4.39 Å². The zero-order chi connectivity index (χ0) is 21.8. The van der Waals surface area contributed by atoms with Crippen LogP contribution < -0.4 is 4.90 Å². The second-order valence-corrected chi connectivity index (χ2v) is 9.79. The molecule has 5 rings (SSSR count). The van der Waals surface area contributed by atoms with E-state index in [-0.39, 0.29) is 11.1 Å². The molecule has 2 nitrogen and oxygen atoms in total. The second kappa shape index (κ2) is 7.15. The molecule has 0 bridgehead atoms. The Morgan fingerprint density at radius 1 is 0.839 bits per heavy atom. The van der Waals surface area contributed by atoms with Gasteiger partial charge in [0.2, 0.25) is 0 Å². The summed E-state index contributed by atoms with van der Waals surface area (Å²) in [6.07, 6.45) is 4.13. The smallest absolute Gasteiger partial charge is 0.159 e. The van der Waals surface area contributed by atoms with E-state index < -0.39 is 0 Å². The fraction of sp³-hybridized carbons (Fsp3) is 0.333. The van der Waals surface area contributed by atoms with Gasteiger partial charge in [-0.1, -0.05) is 57.0 Å². The van der Waals surface area contributed by atoms with E-state index in [1.165, 1.54) is 12.1 Å². The molecule has 1 fully saturated rings. The molecular formula is C27H27BFNO. The highest BCUT2D eigenvalue weighted by Gasteiger charge is 2.37. The van der Waals surface area contributed by atoms with Gasteiger partial charge in [-0.2, -0.15) is 0 Å². The van der Waals surface area contributed by atoms with Crippen LogP contribution in [0.5, 0.6) is 0 Å². The normalized spacial score (nSPS) is 17.8. The number of nitrogens with zero attached hydrogens (tertiary/aromatic N) is 1. The molecule has 1 saturated carbocycles. The van der Waals surface area contributed by atoms with Crippen molar-refractivity contribution in [3.63, 3.8) is 0 Å². The van der Waals surface area contributed by atoms with Crippen LogP contribution in [0.15, 0.2) is 65.1 Å². The lowest BCUT2D eigenvalue weighted by molar-refractivity contribution is 0.206. The summed E-state index contributed by atoms with van der Waals surface area (Å²) in [4.78, 5) is 2.03. The predicted molar refractivity (Wildman–Crippen MR) is 128 cm³/mol. The monoisotopic (exact) mass is 411 g/mol. The first-order valence-electron chi connectivity index (χ1n) is 11.0. The summed E-state index contributed by atoms with van der Waals surface area (Å²) in [7, 11) is 8.96. The van der Waals surface area contributed by atoms with Crippen LogP contribution in [0, 0.1) is 11.2 Å². The van der Waals surface area contributed by atoms with Gasteiger partial charge in [0.15, 0.2) is 5.58 Å². The minimum Gasteiger partial charge on any atom is -0.454 e. The number of rotatable bonds is 3. The largest absolute Gasteiger partial charge is 0.454 e. The molecule has 0 N–H and O–H groups in total. The Bertz CT molecular complexity index is 1250. The van der Waals surface area contributed by atoms with E-state index in [1.807, 2.05) is 24.1 Å². The average molecular weight is 411 g/mol. The van der Waals surface area contributed by atoms with Crippen molar-refractivity contribution in [2.75, 3.05) is 11.9 Å². The molecule has 0 atom stereocenters. The molecule has 3 aromatic carbocycles. The maximum absolute atomic E-state index is 13.4. The van der Waals surface area contributed by atoms with Gasteiger partial charge in [0.25, 0.3) is 0 Å². The van der Waals surface area contributed by atoms with Crippen LogP contribution in [-0.4, -0.2) is 14.9 Å². The molecule has 1 aromatic heterocycles. The Labute approximate surface area is 184 Å². The number of fused-ring (bicyclic) bond motifs is 3. The van der Waals surface area contributed by atoms with E-state index in [0.29, 0.717) is 5.41 Å². The molecule has 4 aromatic rings. The first kappa shape index (κ1) is 20.2. The summed E-state index contributed by atoms with van der Waals surface area (Å²) in [6, 6.07) is 19.0. The number of benzene rings is 3. The molecule has 0 amide bonds. The average Bonchev–Trinajstić information content (AvgIpc) is 3.15. The first-order chi connectivity index (χ1) is 14.8. The number of hydrogen-bond donors (Lipinski definition) is 0. The molecular weight excluding hydrogens is 384 g/mol. The Morgan fingerprint density at radius 2 is 1.45 bits per heavy atom. The van der Waals surface area contributed by atoms with Gasteiger partial charge in [-0.05, 0) is 59.5 Å². The fourth-order valence-corrected chi connectivity index (χ4v) is 4.91. The number of furan rings is 1. The maximum atomic E-state index is 13.4. The SMILES string of the molecule is [B]C1(c2cccc3c2oc2c(N(C)c4ccc(F)cc4)cccc23)CCC(C)(C)CC1. The van der Waals surface area contributed by atoms with Crippen molar-refractivity contribution in [1.29, 1.82) is 0 Å². The van der Waals surface area contributed by atoms with E-state index >= 15 is 0 Å². The predicted octanol–water partition coefficient (Wildman–Crippen LogP) is 7.46. The van der Waals surface area contributed by atoms with Crippen LogP contribution in [-0.2, 0) is 5.31 Å². The zero-order valence-electron chi connectivity index (χ0n) is 18.4. The Morgan fingerprint density at radius 3 is 2.13 bits per heavy atom. The molecule has 156 valence electrons. The third-order valence-corrected chi connectivity index (χ3v) is 7.11. The molecule has 31 heavy (non-hydrogen) atoms. The molecule has 1 aliphatic carbocycles. The Hall–Kier alpha value is -2.75. The van der Waals surface area contributed by atoms with Gasteiger partial charge in [0.1, 0.15) is 11.4 Å². The third-order valence-electron chi connectivity index (χ3n) is 7.11. The lowest BCUT2D eigenvalue weighted by Gasteiger charge is -2.42. The quantitative estimate of drug-likeness (QED) is 0.326. The summed E-state index contributed by atoms with van der Waals surface area (Å²) >= 11 is 0. The van der Waals surface area contributed by atoms with Gasteiger partial charge in [0.05, 0.1) is 13.5 Å². The van der Waals surface area contributed by atoms with Crippen molar-refractivity contribution < 1.29 is 8.81 Å². The molecule has 0 spiro atoms. The fourth-order valence-electron chi connectivity index (χ4n) is 4.91. The van der Waals surface area contributed by atoms with Crippen LogP contribution in [0.3, 0.4) is 0 Å². The molecule has 0 unspecified atom stereocenters. The van der Waals surface area contributed by atoms with E-state index in [0.717, 1.165) is 64.6 Å². The van der Waals surface area contributed by atoms with Crippen LogP contribution in [0.1, 0.15) is 45.1 Å². The second-order valence-electron chi connectivity index (χ2n) is 9.79. The molecule has 1 aliphatic rings. The number of hydrogen-bond acceptors (Lipinski definition) is 2. The minimum atomic E-state index is -0.369. The summed E-state index contributed by atoms with van der Waals surface area (Å²) in [5, 5.41) is 1.80. The number of para-hydroxylation sites is 2. The number of halogens is 1. The van der Waals surface area contributed by atoms with Gasteiger partial charge >= 0.3 is 0 Å². The van der Waals surface area contributed by atoms with Crippen molar-refractivity contribution >= 4 is 41.2 Å². The molecule has 0 saturated heterocycles. The summed E-state index contributed by atoms with van der Waals surface area (Å²) in [5.74, 6) is -0.243. The van der Waals surface area contributed by atoms with E-state index in [4.69, 9.17) is 12.3 Å². The van der Waals surface area contributed by atoms with Crippen LogP contribution in [0.2, 0.25) is 0 Å². The maximum Gasteiger partial charge on any atom is 0.159 e. The van der Waals surface area contributed by atoms with Crippen LogP contribution >= 0.6 is 0 Å². The van der Waals surface area contributed by atoms with Crippen LogP contribution in [0.25, 0.3) is 21.9 Å². The van der Waals surface area contributed by atoms with Gasteiger partial charge in [-0.25, -0.2) is 4.39 Å². The van der Waals surface area contributed by atoms with Gasteiger partial charge in [-0.15, -0.1) is 0 Å². The van der Waals surface area contributed by atoms with Crippen molar-refractivity contribution in [3.8, 4) is 0 Å². The molecule has 4 heteroatoms. The molecule has 1 heterocycles. The van der Waals surface area contributed by atoms with Crippen molar-refractivity contribution in [1.82, 2.24) is 0 Å². The third kappa shape index (κ3) is 3.42. The summed E-state index contributed by atoms with van der Waals surface area (Å²) < 4.78 is 20.0. The van der Waals surface area contributed by atoms with E-state index in [1.54, 1.807) is 12.1 Å². The van der Waals surface area contributed by atoms with Crippen molar-refractivity contribution in [2.24, 2.45) is 5.41 Å². The minimum absolute atomic E-state index is 0.243. The highest BCUT2D eigenvalue weighted by molar-refractivity contribution is 6.18. The van der Waals surface area contributed by atoms with Gasteiger partial charge in [-0.3, -0.25) is 0 Å². The Kier molecular flexibility index (Phi) is 4.65. The highest BCUT2D eigenvalue weighted by Crippen LogP contribution is 2.48. The molecule has 2 radical (unpaired) electrons. The lowest BCUT2D eigenvalue weighted by atomic mass is 9.53. The van der Waals surface area contributed by atoms with Gasteiger partial charge in [0, 0.05) is 23.5 Å². The Balaban J connectivity index is 1.65. The molecule has 0 aliphatic heterocycles. The van der Waals surface area contributed by atoms with Crippen molar-refractivity contribution in [2.45, 2.75) is 44.8 Å². The lowest BCUT2D eigenvalue weighted by Crippen LogP contribution is -2.35. The topological polar surface area (TPSA) is 16.4 Å². The zero-order valence-corrected chi connectivity index (χ0v) is 18.4. The highest BCUT2D eigenvalue weighted by atomic mass is 19.1.